The van der Waals surface area contributed by atoms with Gasteiger partial charge in [-0.1, -0.05) is 23.8 Å². The van der Waals surface area contributed by atoms with Crippen molar-refractivity contribution >= 4 is 44.6 Å². The number of carbonyl (C=O) groups is 3. The minimum absolute atomic E-state index is 0.0323. The average molecular weight is 693 g/mol. The van der Waals surface area contributed by atoms with Gasteiger partial charge in [0.25, 0.3) is 5.91 Å². The largest absolute Gasteiger partial charge is 0.490 e. The molecular formula is C31H35F3N6O7S. The van der Waals surface area contributed by atoms with E-state index in [4.69, 9.17) is 9.90 Å². The predicted molar refractivity (Wildman–Crippen MR) is 170 cm³/mol. The number of rotatable bonds is 12. The standard InChI is InChI=1S/C29H34N6O5S.C2HF3O2/c1-18-13-19(2)27(20(3)14-18)41(39,40)34-24(29(37)38)17-32-28(36)22-8-9-25-23(15-22)16-33-35(25)21(4)10-12-31-26-7-5-6-11-30-26;3-2(4,5)1(6)7/h5-9,11,13-16,21,24,34H,10,12,17H2,1-4H3,(H,30,31)(H,32,36)(H,37,38);(H,6,7). The summed E-state index contributed by atoms with van der Waals surface area (Å²) in [5.41, 5.74) is 3.08. The number of carboxylic acids is 2. The molecule has 0 saturated heterocycles. The summed E-state index contributed by atoms with van der Waals surface area (Å²) < 4.78 is 62.0. The number of carbonyl (C=O) groups excluding carboxylic acids is 1. The number of aromatic nitrogens is 3. The van der Waals surface area contributed by atoms with Crippen molar-refractivity contribution in [3.63, 3.8) is 0 Å². The van der Waals surface area contributed by atoms with Crippen LogP contribution in [-0.4, -0.2) is 76.5 Å². The molecule has 2 aromatic carbocycles. The van der Waals surface area contributed by atoms with Crippen molar-refractivity contribution in [2.24, 2.45) is 0 Å². The molecule has 0 saturated carbocycles. The van der Waals surface area contributed by atoms with Crippen molar-refractivity contribution in [3.05, 3.63) is 83.2 Å². The van der Waals surface area contributed by atoms with Gasteiger partial charge in [-0.05, 0) is 75.6 Å². The van der Waals surface area contributed by atoms with Crippen molar-refractivity contribution in [3.8, 4) is 0 Å². The van der Waals surface area contributed by atoms with Gasteiger partial charge in [0.1, 0.15) is 11.9 Å². The molecular weight excluding hydrogens is 657 g/mol. The molecule has 5 N–H and O–H groups in total. The van der Waals surface area contributed by atoms with Crippen LogP contribution in [0.3, 0.4) is 0 Å². The lowest BCUT2D eigenvalue weighted by Gasteiger charge is -2.18. The monoisotopic (exact) mass is 692 g/mol. The SMILES string of the molecule is Cc1cc(C)c(S(=O)(=O)NC(CNC(=O)c2ccc3c(cnn3C(C)CCNc3ccccn3)c2)C(=O)O)c(C)c1.O=C(O)C(F)(F)F. The second-order valence-electron chi connectivity index (χ2n) is 10.9. The van der Waals surface area contributed by atoms with Crippen LogP contribution < -0.4 is 15.4 Å². The van der Waals surface area contributed by atoms with Crippen molar-refractivity contribution in [1.29, 1.82) is 0 Å². The fourth-order valence-electron chi connectivity index (χ4n) is 4.86. The number of hydrogen-bond donors (Lipinski definition) is 5. The Hall–Kier alpha value is -5.03. The molecule has 17 heteroatoms. The number of aryl methyl sites for hydroxylation is 3. The lowest BCUT2D eigenvalue weighted by molar-refractivity contribution is -0.192. The Morgan fingerprint density at radius 1 is 1.00 bits per heavy atom. The third-order valence-corrected chi connectivity index (χ3v) is 8.76. The number of alkyl halides is 3. The summed E-state index contributed by atoms with van der Waals surface area (Å²) in [6.45, 7) is 7.49. The number of sulfonamides is 1. The highest BCUT2D eigenvalue weighted by Crippen LogP contribution is 2.23. The van der Waals surface area contributed by atoms with Crippen LogP contribution in [-0.2, 0) is 19.6 Å². The third kappa shape index (κ3) is 9.98. The first-order chi connectivity index (χ1) is 22.4. The highest BCUT2D eigenvalue weighted by molar-refractivity contribution is 7.89. The summed E-state index contributed by atoms with van der Waals surface area (Å²) in [4.78, 5) is 38.0. The summed E-state index contributed by atoms with van der Waals surface area (Å²) in [6.07, 6.45) is -0.882. The van der Waals surface area contributed by atoms with Gasteiger partial charge < -0.3 is 20.8 Å². The molecule has 4 rings (SSSR count). The smallest absolute Gasteiger partial charge is 0.480 e. The molecule has 0 aliphatic carbocycles. The van der Waals surface area contributed by atoms with E-state index < -0.39 is 46.6 Å². The summed E-state index contributed by atoms with van der Waals surface area (Å²) in [5.74, 6) is -3.88. The number of anilines is 1. The first-order valence-corrected chi connectivity index (χ1v) is 15.9. The molecule has 258 valence electrons. The molecule has 2 unspecified atom stereocenters. The van der Waals surface area contributed by atoms with Crippen LogP contribution in [0.5, 0.6) is 0 Å². The van der Waals surface area contributed by atoms with Gasteiger partial charge in [0.2, 0.25) is 10.0 Å². The number of fused-ring (bicyclic) bond motifs is 1. The number of hydrogen-bond acceptors (Lipinski definition) is 8. The maximum Gasteiger partial charge on any atom is 0.490 e. The molecule has 0 radical (unpaired) electrons. The Morgan fingerprint density at radius 3 is 2.21 bits per heavy atom. The second-order valence-corrected chi connectivity index (χ2v) is 12.5. The van der Waals surface area contributed by atoms with E-state index in [1.165, 1.54) is 0 Å². The van der Waals surface area contributed by atoms with Crippen LogP contribution >= 0.6 is 0 Å². The topological polar surface area (TPSA) is 193 Å². The van der Waals surface area contributed by atoms with Crippen LogP contribution in [0.25, 0.3) is 10.9 Å². The number of halogens is 3. The Balaban J connectivity index is 0.000000804. The van der Waals surface area contributed by atoms with E-state index in [1.54, 1.807) is 56.6 Å². The minimum Gasteiger partial charge on any atom is -0.480 e. The molecule has 2 heterocycles. The molecule has 48 heavy (non-hydrogen) atoms. The highest BCUT2D eigenvalue weighted by atomic mass is 32.2. The van der Waals surface area contributed by atoms with E-state index in [2.05, 4.69) is 32.4 Å². The Labute approximate surface area is 274 Å². The minimum atomic E-state index is -5.08. The molecule has 4 aromatic rings. The molecule has 0 fully saturated rings. The van der Waals surface area contributed by atoms with Crippen molar-refractivity contribution < 1.29 is 46.2 Å². The van der Waals surface area contributed by atoms with Crippen LogP contribution in [0, 0.1) is 20.8 Å². The van der Waals surface area contributed by atoms with Crippen molar-refractivity contribution in [1.82, 2.24) is 24.8 Å². The van der Waals surface area contributed by atoms with Gasteiger partial charge >= 0.3 is 18.1 Å². The Morgan fingerprint density at radius 2 is 1.65 bits per heavy atom. The molecule has 0 spiro atoms. The number of benzene rings is 2. The zero-order chi connectivity index (χ0) is 35.8. The van der Waals surface area contributed by atoms with Gasteiger partial charge in [-0.25, -0.2) is 18.2 Å². The lowest BCUT2D eigenvalue weighted by Crippen LogP contribution is -2.48. The molecule has 2 aromatic heterocycles. The number of amides is 1. The van der Waals surface area contributed by atoms with Crippen molar-refractivity contribution in [2.75, 3.05) is 18.4 Å². The van der Waals surface area contributed by atoms with Crippen LogP contribution in [0.1, 0.15) is 46.4 Å². The molecule has 0 bridgehead atoms. The van der Waals surface area contributed by atoms with E-state index in [1.807, 2.05) is 29.8 Å². The first kappa shape index (κ1) is 37.4. The van der Waals surface area contributed by atoms with Crippen LogP contribution in [0.15, 0.2) is 65.8 Å². The molecule has 0 aliphatic heterocycles. The van der Waals surface area contributed by atoms with Gasteiger partial charge in [0.05, 0.1) is 22.7 Å². The highest BCUT2D eigenvalue weighted by Gasteiger charge is 2.38. The number of aliphatic carboxylic acids is 2. The zero-order valence-electron chi connectivity index (χ0n) is 26.4. The Kier molecular flexibility index (Phi) is 12.2. The maximum atomic E-state index is 13.1. The number of nitrogens with one attached hydrogen (secondary N) is 3. The quantitative estimate of drug-likeness (QED) is 0.144. The summed E-state index contributed by atoms with van der Waals surface area (Å²) in [5, 5.41) is 27.9. The van der Waals surface area contributed by atoms with Crippen LogP contribution in [0.4, 0.5) is 19.0 Å². The van der Waals surface area contributed by atoms with Gasteiger partial charge in [0.15, 0.2) is 0 Å². The normalized spacial score (nSPS) is 12.8. The molecule has 2 atom stereocenters. The average Bonchev–Trinajstić information content (AvgIpc) is 3.42. The van der Waals surface area contributed by atoms with Gasteiger partial charge in [0, 0.05) is 30.2 Å². The van der Waals surface area contributed by atoms with E-state index in [-0.39, 0.29) is 10.9 Å². The molecule has 13 nitrogen and oxygen atoms in total. The number of pyridine rings is 1. The maximum absolute atomic E-state index is 13.1. The fourth-order valence-corrected chi connectivity index (χ4v) is 6.50. The van der Waals surface area contributed by atoms with Gasteiger partial charge in [-0.2, -0.15) is 23.0 Å². The van der Waals surface area contributed by atoms with Crippen LogP contribution in [0.2, 0.25) is 0 Å². The predicted octanol–water partition coefficient (Wildman–Crippen LogP) is 4.21. The van der Waals surface area contributed by atoms with E-state index in [9.17, 15) is 36.3 Å². The number of carboxylic acid groups (broad SMARTS) is 2. The third-order valence-electron chi connectivity index (χ3n) is 6.99. The van der Waals surface area contributed by atoms with E-state index in [0.717, 1.165) is 28.7 Å². The summed E-state index contributed by atoms with van der Waals surface area (Å²) in [7, 11) is -4.15. The lowest BCUT2D eigenvalue weighted by atomic mass is 10.1. The summed E-state index contributed by atoms with van der Waals surface area (Å²) >= 11 is 0. The number of nitrogens with zero attached hydrogens (tertiary/aromatic N) is 3. The van der Waals surface area contributed by atoms with E-state index in [0.29, 0.717) is 23.2 Å². The van der Waals surface area contributed by atoms with E-state index >= 15 is 0 Å². The second kappa shape index (κ2) is 15.7. The first-order valence-electron chi connectivity index (χ1n) is 14.4. The molecule has 0 aliphatic rings. The Bertz CT molecular complexity index is 1860. The van der Waals surface area contributed by atoms with Gasteiger partial charge in [-0.15, -0.1) is 0 Å². The zero-order valence-corrected chi connectivity index (χ0v) is 27.2. The molecule has 1 amide bonds. The van der Waals surface area contributed by atoms with Gasteiger partial charge in [-0.3, -0.25) is 14.3 Å². The summed E-state index contributed by atoms with van der Waals surface area (Å²) in [6, 6.07) is 12.7. The van der Waals surface area contributed by atoms with Crippen molar-refractivity contribution in [2.45, 2.75) is 57.3 Å². The fraction of sp³-hybridized carbons (Fsp3) is 0.323.